The third kappa shape index (κ3) is 2.88. The Balaban J connectivity index is 1.64. The van der Waals surface area contributed by atoms with Gasteiger partial charge in [0.15, 0.2) is 5.82 Å². The second kappa shape index (κ2) is 6.46. The lowest BCUT2D eigenvalue weighted by Gasteiger charge is -2.24. The Morgan fingerprint density at radius 3 is 2.88 bits per heavy atom. The molecule has 4 heterocycles. The van der Waals surface area contributed by atoms with Crippen LogP contribution in [-0.4, -0.2) is 36.7 Å². The molecule has 0 aromatic carbocycles. The highest BCUT2D eigenvalue weighted by Crippen LogP contribution is 2.33. The molecular weight excluding hydrogens is 318 g/mol. The van der Waals surface area contributed by atoms with Crippen LogP contribution in [0, 0.1) is 0 Å². The predicted octanol–water partition coefficient (Wildman–Crippen LogP) is 1.68. The van der Waals surface area contributed by atoms with E-state index in [1.165, 1.54) is 17.1 Å². The summed E-state index contributed by atoms with van der Waals surface area (Å²) in [5, 5.41) is 8.81. The van der Waals surface area contributed by atoms with Gasteiger partial charge >= 0.3 is 0 Å². The molecule has 1 saturated heterocycles. The van der Waals surface area contributed by atoms with Gasteiger partial charge < -0.3 is 14.0 Å². The lowest BCUT2D eigenvalue weighted by Crippen LogP contribution is -2.33. The minimum absolute atomic E-state index is 0.0455. The Morgan fingerprint density at radius 1 is 1.16 bits per heavy atom. The van der Waals surface area contributed by atoms with Crippen LogP contribution in [0.3, 0.4) is 0 Å². The monoisotopic (exact) mass is 341 g/mol. The van der Waals surface area contributed by atoms with E-state index in [4.69, 9.17) is 0 Å². The highest BCUT2D eigenvalue weighted by molar-refractivity contribution is 5.94. The number of likely N-dealkylation sites (tertiary alicyclic amines) is 1. The van der Waals surface area contributed by atoms with E-state index >= 15 is 0 Å². The summed E-state index contributed by atoms with van der Waals surface area (Å²) < 4.78 is 3.68. The zero-order valence-electron chi connectivity index (χ0n) is 14.5. The van der Waals surface area contributed by atoms with Gasteiger partial charge in [-0.25, -0.2) is 0 Å². The Hall–Kier alpha value is -2.44. The van der Waals surface area contributed by atoms with Crippen molar-refractivity contribution in [2.75, 3.05) is 6.54 Å². The summed E-state index contributed by atoms with van der Waals surface area (Å²) in [6, 6.07) is 3.08. The molecule has 0 N–H and O–H groups in total. The minimum Gasteiger partial charge on any atom is -0.328 e. The molecule has 0 radical (unpaired) electrons. The van der Waals surface area contributed by atoms with Crippen molar-refractivity contribution < 1.29 is 4.79 Å². The van der Waals surface area contributed by atoms with Crippen LogP contribution in [0.2, 0.25) is 0 Å². The van der Waals surface area contributed by atoms with Crippen molar-refractivity contribution in [3.63, 3.8) is 0 Å². The lowest BCUT2D eigenvalue weighted by molar-refractivity contribution is 0.0726. The SMILES string of the molecule is Cn1ccc(C(=O)N2CCCC2c2nnc3n2CCCCC3)cc1=O. The highest BCUT2D eigenvalue weighted by Gasteiger charge is 2.35. The van der Waals surface area contributed by atoms with Crippen molar-refractivity contribution in [2.24, 2.45) is 7.05 Å². The van der Waals surface area contributed by atoms with Crippen LogP contribution in [0.15, 0.2) is 23.1 Å². The fourth-order valence-electron chi connectivity index (χ4n) is 3.88. The molecule has 7 nitrogen and oxygen atoms in total. The highest BCUT2D eigenvalue weighted by atomic mass is 16.2. The molecule has 7 heteroatoms. The number of hydrogen-bond donors (Lipinski definition) is 0. The number of fused-ring (bicyclic) bond motifs is 1. The number of carbonyl (C=O) groups is 1. The molecule has 0 bridgehead atoms. The first-order valence-electron chi connectivity index (χ1n) is 9.05. The second-order valence-electron chi connectivity index (χ2n) is 6.96. The second-order valence-corrected chi connectivity index (χ2v) is 6.96. The average molecular weight is 341 g/mol. The summed E-state index contributed by atoms with van der Waals surface area (Å²) in [6.45, 7) is 1.63. The van der Waals surface area contributed by atoms with Crippen LogP contribution < -0.4 is 5.56 Å². The molecular formula is C18H23N5O2. The van der Waals surface area contributed by atoms with Gasteiger partial charge in [-0.15, -0.1) is 10.2 Å². The Bertz CT molecular complexity index is 853. The van der Waals surface area contributed by atoms with Gasteiger partial charge in [-0.1, -0.05) is 6.42 Å². The minimum atomic E-state index is -0.169. The first kappa shape index (κ1) is 16.1. The predicted molar refractivity (Wildman–Crippen MR) is 92.3 cm³/mol. The number of nitrogens with zero attached hydrogens (tertiary/aromatic N) is 5. The number of hydrogen-bond acceptors (Lipinski definition) is 4. The van der Waals surface area contributed by atoms with E-state index in [0.29, 0.717) is 12.1 Å². The standard InChI is InChI=1S/C18H23N5O2/c1-21-11-8-13(12-16(21)24)18(25)22-10-5-6-14(22)17-20-19-15-7-3-2-4-9-23(15)17/h8,11-12,14H,2-7,9-10H2,1H3. The van der Waals surface area contributed by atoms with Gasteiger partial charge in [-0.05, 0) is 31.7 Å². The summed E-state index contributed by atoms with van der Waals surface area (Å²) in [5.74, 6) is 1.86. The van der Waals surface area contributed by atoms with Crippen LogP contribution in [0.25, 0.3) is 0 Å². The van der Waals surface area contributed by atoms with Crippen LogP contribution in [0.1, 0.15) is 60.2 Å². The number of pyridine rings is 1. The molecule has 2 aliphatic rings. The number of aryl methyl sites for hydroxylation is 2. The topological polar surface area (TPSA) is 73.0 Å². The van der Waals surface area contributed by atoms with Crippen molar-refractivity contribution in [3.8, 4) is 0 Å². The maximum atomic E-state index is 13.0. The Kier molecular flexibility index (Phi) is 4.15. The molecule has 2 aromatic rings. The molecule has 1 fully saturated rings. The van der Waals surface area contributed by atoms with Crippen molar-refractivity contribution >= 4 is 5.91 Å². The number of aromatic nitrogens is 4. The first-order chi connectivity index (χ1) is 12.1. The summed E-state index contributed by atoms with van der Waals surface area (Å²) in [5.41, 5.74) is 0.281. The molecule has 1 amide bonds. The summed E-state index contributed by atoms with van der Waals surface area (Å²) in [7, 11) is 1.68. The van der Waals surface area contributed by atoms with Crippen LogP contribution >= 0.6 is 0 Å². The van der Waals surface area contributed by atoms with Gasteiger partial charge in [0.2, 0.25) is 0 Å². The van der Waals surface area contributed by atoms with Crippen molar-refractivity contribution in [1.29, 1.82) is 0 Å². The van der Waals surface area contributed by atoms with E-state index in [2.05, 4.69) is 14.8 Å². The zero-order chi connectivity index (χ0) is 17.4. The molecule has 2 aliphatic heterocycles. The molecule has 0 saturated carbocycles. The van der Waals surface area contributed by atoms with Gasteiger partial charge in [0.25, 0.3) is 11.5 Å². The number of amides is 1. The quantitative estimate of drug-likeness (QED) is 0.833. The molecule has 132 valence electrons. The maximum Gasteiger partial charge on any atom is 0.254 e. The van der Waals surface area contributed by atoms with E-state index in [1.807, 2.05) is 4.90 Å². The number of rotatable bonds is 2. The average Bonchev–Trinajstić information content (AvgIpc) is 3.17. The smallest absolute Gasteiger partial charge is 0.254 e. The molecule has 1 atom stereocenters. The van der Waals surface area contributed by atoms with Gasteiger partial charge in [0, 0.05) is 44.4 Å². The van der Waals surface area contributed by atoms with Crippen molar-refractivity contribution in [1.82, 2.24) is 24.2 Å². The summed E-state index contributed by atoms with van der Waals surface area (Å²) in [6.07, 6.45) is 7.94. The molecule has 2 aromatic heterocycles. The third-order valence-electron chi connectivity index (χ3n) is 5.30. The fourth-order valence-corrected chi connectivity index (χ4v) is 3.88. The van der Waals surface area contributed by atoms with Crippen LogP contribution in [0.4, 0.5) is 0 Å². The van der Waals surface area contributed by atoms with Gasteiger partial charge in [-0.3, -0.25) is 9.59 Å². The third-order valence-corrected chi connectivity index (χ3v) is 5.30. The van der Waals surface area contributed by atoms with E-state index in [9.17, 15) is 9.59 Å². The van der Waals surface area contributed by atoms with Gasteiger partial charge in [0.05, 0.1) is 6.04 Å². The summed E-state index contributed by atoms with van der Waals surface area (Å²) >= 11 is 0. The molecule has 25 heavy (non-hydrogen) atoms. The van der Waals surface area contributed by atoms with Gasteiger partial charge in [0.1, 0.15) is 5.82 Å². The molecule has 0 aliphatic carbocycles. The zero-order valence-corrected chi connectivity index (χ0v) is 14.5. The Labute approximate surface area is 146 Å². The maximum absolute atomic E-state index is 13.0. The lowest BCUT2D eigenvalue weighted by atomic mass is 10.1. The first-order valence-corrected chi connectivity index (χ1v) is 9.05. The summed E-state index contributed by atoms with van der Waals surface area (Å²) in [4.78, 5) is 26.7. The fraction of sp³-hybridized carbons (Fsp3) is 0.556. The van der Waals surface area contributed by atoms with Crippen LogP contribution in [-0.2, 0) is 20.0 Å². The molecule has 4 rings (SSSR count). The van der Waals surface area contributed by atoms with E-state index in [0.717, 1.165) is 50.3 Å². The van der Waals surface area contributed by atoms with Crippen molar-refractivity contribution in [3.05, 3.63) is 45.9 Å². The largest absolute Gasteiger partial charge is 0.328 e. The molecule has 1 unspecified atom stereocenters. The van der Waals surface area contributed by atoms with Crippen LogP contribution in [0.5, 0.6) is 0 Å². The molecule has 0 spiro atoms. The van der Waals surface area contributed by atoms with E-state index in [-0.39, 0.29) is 17.5 Å². The van der Waals surface area contributed by atoms with Crippen molar-refractivity contribution in [2.45, 2.75) is 51.1 Å². The Morgan fingerprint density at radius 2 is 2.04 bits per heavy atom. The van der Waals surface area contributed by atoms with E-state index in [1.54, 1.807) is 19.3 Å². The van der Waals surface area contributed by atoms with E-state index < -0.39 is 0 Å². The number of carbonyl (C=O) groups excluding carboxylic acids is 1. The van der Waals surface area contributed by atoms with Gasteiger partial charge in [-0.2, -0.15) is 0 Å². The normalized spacial score (nSPS) is 20.4.